The van der Waals surface area contributed by atoms with E-state index in [4.69, 9.17) is 0 Å². The zero-order chi connectivity index (χ0) is 11.5. The Bertz CT molecular complexity index is 516. The molecule has 0 amide bonds. The summed E-state index contributed by atoms with van der Waals surface area (Å²) in [6, 6.07) is 3.48. The first-order valence-electron chi connectivity index (χ1n) is 5.21. The van der Waals surface area contributed by atoms with Gasteiger partial charge in [-0.05, 0) is 31.5 Å². The number of aromatic nitrogens is 3. The minimum absolute atomic E-state index is 0.000694. The van der Waals surface area contributed by atoms with E-state index >= 15 is 0 Å². The van der Waals surface area contributed by atoms with Gasteiger partial charge < -0.3 is 0 Å². The Balaban J connectivity index is 2.44. The largest absolute Gasteiger partial charge is 0.287 e. The molecule has 2 rings (SSSR count). The van der Waals surface area contributed by atoms with Crippen LogP contribution >= 0.6 is 0 Å². The highest BCUT2D eigenvalue weighted by Crippen LogP contribution is 2.12. The minimum Gasteiger partial charge on any atom is -0.287 e. The Labute approximate surface area is 93.9 Å². The van der Waals surface area contributed by atoms with Crippen LogP contribution in [-0.4, -0.2) is 20.5 Å². The molecule has 2 aromatic rings. The van der Waals surface area contributed by atoms with Crippen molar-refractivity contribution in [3.05, 3.63) is 47.5 Å². The number of carbonyl (C=O) groups is 1. The van der Waals surface area contributed by atoms with Gasteiger partial charge in [0.05, 0.1) is 0 Å². The Morgan fingerprint density at radius 3 is 2.88 bits per heavy atom. The lowest BCUT2D eigenvalue weighted by molar-refractivity contribution is 0.102. The molecule has 0 aliphatic heterocycles. The number of pyridine rings is 1. The number of hydrogen-bond donors (Lipinski definition) is 0. The predicted octanol–water partition coefficient (Wildman–Crippen LogP) is 1.84. The number of aryl methyl sites for hydroxylation is 2. The molecule has 0 N–H and O–H groups in total. The van der Waals surface area contributed by atoms with E-state index in [2.05, 4.69) is 10.1 Å². The third kappa shape index (κ3) is 1.74. The van der Waals surface area contributed by atoms with Gasteiger partial charge in [-0.3, -0.25) is 14.5 Å². The van der Waals surface area contributed by atoms with Crippen LogP contribution in [0.1, 0.15) is 28.5 Å². The SMILES string of the molecule is CCn1nccc1C(=O)c1ccncc1C. The van der Waals surface area contributed by atoms with Crippen molar-refractivity contribution in [1.29, 1.82) is 0 Å². The van der Waals surface area contributed by atoms with E-state index in [1.165, 1.54) is 0 Å². The number of carbonyl (C=O) groups excluding carboxylic acids is 1. The smallest absolute Gasteiger partial charge is 0.211 e. The first kappa shape index (κ1) is 10.5. The summed E-state index contributed by atoms with van der Waals surface area (Å²) in [7, 11) is 0. The van der Waals surface area contributed by atoms with Gasteiger partial charge in [-0.25, -0.2) is 0 Å². The van der Waals surface area contributed by atoms with Crippen LogP contribution in [0.15, 0.2) is 30.7 Å². The van der Waals surface area contributed by atoms with Crippen molar-refractivity contribution in [3.8, 4) is 0 Å². The summed E-state index contributed by atoms with van der Waals surface area (Å²) in [5.74, 6) is -0.000694. The van der Waals surface area contributed by atoms with Gasteiger partial charge >= 0.3 is 0 Å². The molecule has 0 unspecified atom stereocenters. The lowest BCUT2D eigenvalue weighted by atomic mass is 10.1. The maximum absolute atomic E-state index is 12.2. The quantitative estimate of drug-likeness (QED) is 0.734. The van der Waals surface area contributed by atoms with E-state index in [1.54, 1.807) is 35.4 Å². The van der Waals surface area contributed by atoms with Crippen LogP contribution in [-0.2, 0) is 6.54 Å². The zero-order valence-electron chi connectivity index (χ0n) is 9.34. The third-order valence-electron chi connectivity index (χ3n) is 2.51. The van der Waals surface area contributed by atoms with Crippen molar-refractivity contribution in [2.75, 3.05) is 0 Å². The lowest BCUT2D eigenvalue weighted by Gasteiger charge is -2.05. The fourth-order valence-corrected chi connectivity index (χ4v) is 1.64. The fourth-order valence-electron chi connectivity index (χ4n) is 1.64. The fraction of sp³-hybridized carbons (Fsp3) is 0.250. The highest BCUT2D eigenvalue weighted by Gasteiger charge is 2.15. The number of hydrogen-bond acceptors (Lipinski definition) is 3. The predicted molar refractivity (Wildman–Crippen MR) is 60.3 cm³/mol. The summed E-state index contributed by atoms with van der Waals surface area (Å²) in [5.41, 5.74) is 2.19. The Hall–Kier alpha value is -1.97. The first-order chi connectivity index (χ1) is 7.74. The molecular formula is C12H13N3O. The minimum atomic E-state index is -0.000694. The van der Waals surface area contributed by atoms with E-state index in [0.717, 1.165) is 5.56 Å². The maximum atomic E-state index is 12.2. The van der Waals surface area contributed by atoms with Crippen LogP contribution in [0.5, 0.6) is 0 Å². The molecule has 4 nitrogen and oxygen atoms in total. The Morgan fingerprint density at radius 1 is 1.38 bits per heavy atom. The van der Waals surface area contributed by atoms with Crippen molar-refractivity contribution in [2.24, 2.45) is 0 Å². The molecule has 82 valence electrons. The second-order valence-corrected chi connectivity index (χ2v) is 3.55. The van der Waals surface area contributed by atoms with Gasteiger partial charge in [-0.15, -0.1) is 0 Å². The van der Waals surface area contributed by atoms with Gasteiger partial charge in [0.2, 0.25) is 5.78 Å². The van der Waals surface area contributed by atoms with Crippen molar-refractivity contribution in [2.45, 2.75) is 20.4 Å². The molecule has 0 spiro atoms. The Kier molecular flexibility index (Phi) is 2.81. The molecule has 0 radical (unpaired) electrons. The molecule has 0 fully saturated rings. The highest BCUT2D eigenvalue weighted by atomic mass is 16.1. The molecule has 0 aliphatic rings. The topological polar surface area (TPSA) is 47.8 Å². The van der Waals surface area contributed by atoms with Gasteiger partial charge in [0.1, 0.15) is 5.69 Å². The van der Waals surface area contributed by atoms with Crippen molar-refractivity contribution in [1.82, 2.24) is 14.8 Å². The molecule has 0 bridgehead atoms. The van der Waals surface area contributed by atoms with Crippen LogP contribution in [0, 0.1) is 6.92 Å². The number of nitrogens with zero attached hydrogens (tertiary/aromatic N) is 3. The van der Waals surface area contributed by atoms with E-state index < -0.39 is 0 Å². The highest BCUT2D eigenvalue weighted by molar-refractivity contribution is 6.08. The van der Waals surface area contributed by atoms with Gasteiger partial charge in [0.15, 0.2) is 0 Å². The van der Waals surface area contributed by atoms with Gasteiger partial charge in [0, 0.05) is 30.7 Å². The van der Waals surface area contributed by atoms with E-state index in [9.17, 15) is 4.79 Å². The molecule has 2 heterocycles. The zero-order valence-corrected chi connectivity index (χ0v) is 9.34. The first-order valence-corrected chi connectivity index (χ1v) is 5.21. The lowest BCUT2D eigenvalue weighted by Crippen LogP contribution is -2.11. The normalized spacial score (nSPS) is 10.4. The van der Waals surface area contributed by atoms with Gasteiger partial charge in [-0.1, -0.05) is 0 Å². The van der Waals surface area contributed by atoms with Crippen LogP contribution in [0.3, 0.4) is 0 Å². The van der Waals surface area contributed by atoms with Crippen LogP contribution < -0.4 is 0 Å². The second-order valence-electron chi connectivity index (χ2n) is 3.55. The van der Waals surface area contributed by atoms with Crippen LogP contribution in [0.2, 0.25) is 0 Å². The molecule has 16 heavy (non-hydrogen) atoms. The van der Waals surface area contributed by atoms with Gasteiger partial charge in [-0.2, -0.15) is 5.10 Å². The summed E-state index contributed by atoms with van der Waals surface area (Å²) in [6.07, 6.45) is 4.97. The average molecular weight is 215 g/mol. The van der Waals surface area contributed by atoms with E-state index in [-0.39, 0.29) is 5.78 Å². The maximum Gasteiger partial charge on any atom is 0.211 e. The van der Waals surface area contributed by atoms with Crippen molar-refractivity contribution >= 4 is 5.78 Å². The molecule has 0 saturated heterocycles. The summed E-state index contributed by atoms with van der Waals surface area (Å²) in [6.45, 7) is 4.54. The summed E-state index contributed by atoms with van der Waals surface area (Å²) < 4.78 is 1.70. The Morgan fingerprint density at radius 2 is 2.19 bits per heavy atom. The molecule has 2 aromatic heterocycles. The molecule has 4 heteroatoms. The summed E-state index contributed by atoms with van der Waals surface area (Å²) in [5, 5.41) is 4.09. The molecular weight excluding hydrogens is 202 g/mol. The third-order valence-corrected chi connectivity index (χ3v) is 2.51. The van der Waals surface area contributed by atoms with Crippen molar-refractivity contribution < 1.29 is 4.79 Å². The molecule has 0 aliphatic carbocycles. The van der Waals surface area contributed by atoms with E-state index in [0.29, 0.717) is 17.8 Å². The number of rotatable bonds is 3. The second kappa shape index (κ2) is 4.26. The van der Waals surface area contributed by atoms with Crippen molar-refractivity contribution in [3.63, 3.8) is 0 Å². The van der Waals surface area contributed by atoms with E-state index in [1.807, 2.05) is 13.8 Å². The van der Waals surface area contributed by atoms with Crippen LogP contribution in [0.4, 0.5) is 0 Å². The standard InChI is InChI=1S/C12H13N3O/c1-3-15-11(5-7-14-15)12(16)10-4-6-13-8-9(10)2/h4-8H,3H2,1-2H3. The monoisotopic (exact) mass is 215 g/mol. The average Bonchev–Trinajstić information content (AvgIpc) is 2.77. The molecule has 0 aromatic carbocycles. The van der Waals surface area contributed by atoms with Crippen LogP contribution in [0.25, 0.3) is 0 Å². The molecule has 0 saturated carbocycles. The summed E-state index contributed by atoms with van der Waals surface area (Å²) in [4.78, 5) is 16.2. The molecule has 0 atom stereocenters. The summed E-state index contributed by atoms with van der Waals surface area (Å²) >= 11 is 0. The van der Waals surface area contributed by atoms with Gasteiger partial charge in [0.25, 0.3) is 0 Å². The number of ketones is 1.